The summed E-state index contributed by atoms with van der Waals surface area (Å²) < 4.78 is 33.2. The molecule has 0 saturated carbocycles. The van der Waals surface area contributed by atoms with Crippen molar-refractivity contribution >= 4 is 15.9 Å². The topological polar surface area (TPSA) is 101 Å². The van der Waals surface area contributed by atoms with Gasteiger partial charge in [0.2, 0.25) is 10.0 Å². The van der Waals surface area contributed by atoms with Crippen LogP contribution < -0.4 is 10.1 Å². The van der Waals surface area contributed by atoms with E-state index in [-0.39, 0.29) is 41.7 Å². The first-order valence-corrected chi connectivity index (χ1v) is 10.2. The monoisotopic (exact) mass is 388 g/mol. The highest BCUT2D eigenvalue weighted by Crippen LogP contribution is 2.35. The van der Waals surface area contributed by atoms with Gasteiger partial charge in [-0.15, -0.1) is 0 Å². The molecule has 0 aliphatic carbocycles. The van der Waals surface area contributed by atoms with E-state index < -0.39 is 10.0 Å². The van der Waals surface area contributed by atoms with Gasteiger partial charge in [-0.1, -0.05) is 12.1 Å². The number of hydrogen-bond donors (Lipinski definition) is 1. The Labute approximate surface area is 157 Å². The number of carbonyl (C=O) groups excluding carboxylic acids is 1. The molecule has 1 fully saturated rings. The van der Waals surface area contributed by atoms with Crippen LogP contribution in [0.1, 0.15) is 28.4 Å². The molecule has 1 aromatic heterocycles. The second kappa shape index (κ2) is 6.58. The molecule has 2 aliphatic rings. The molecule has 1 saturated heterocycles. The predicted octanol–water partition coefficient (Wildman–Crippen LogP) is 1.05. The molecule has 1 N–H and O–H groups in total. The van der Waals surface area contributed by atoms with Gasteiger partial charge in [-0.3, -0.25) is 4.79 Å². The van der Waals surface area contributed by atoms with Gasteiger partial charge in [0.05, 0.1) is 6.04 Å². The van der Waals surface area contributed by atoms with Gasteiger partial charge in [0.25, 0.3) is 5.91 Å². The molecule has 4 rings (SSSR count). The predicted molar refractivity (Wildman–Crippen MR) is 97.0 cm³/mol. The summed E-state index contributed by atoms with van der Waals surface area (Å²) in [5.41, 5.74) is 0.993. The summed E-state index contributed by atoms with van der Waals surface area (Å²) in [5, 5.41) is 2.90. The number of carbonyl (C=O) groups is 1. The first kappa shape index (κ1) is 17.9. The van der Waals surface area contributed by atoms with Crippen molar-refractivity contribution in [2.24, 2.45) is 0 Å². The van der Waals surface area contributed by atoms with Gasteiger partial charge >= 0.3 is 0 Å². The van der Waals surface area contributed by atoms with Crippen molar-refractivity contribution in [3.05, 3.63) is 47.5 Å². The number of amides is 1. The van der Waals surface area contributed by atoms with Gasteiger partial charge in [0, 0.05) is 18.3 Å². The molecule has 27 heavy (non-hydrogen) atoms. The zero-order chi connectivity index (χ0) is 19.2. The highest BCUT2D eigenvalue weighted by atomic mass is 32.2. The summed E-state index contributed by atoms with van der Waals surface area (Å²) in [7, 11) is -3.67. The molecule has 9 heteroatoms. The standard InChI is InChI=1S/C18H20N4O4S/c1-11-7-15(20-12(2)19-11)18(23)21-13-8-14-10-26-16-5-3-4-6-17(16)27(24,25)22(14)9-13/h3-7,13-14H,8-10H2,1-2H3,(H,21,23)/t13-,14-/m0/s1. The van der Waals surface area contributed by atoms with Crippen LogP contribution in [0.2, 0.25) is 0 Å². The van der Waals surface area contributed by atoms with E-state index in [0.717, 1.165) is 0 Å². The third-order valence-electron chi connectivity index (χ3n) is 4.77. The maximum Gasteiger partial charge on any atom is 0.270 e. The van der Waals surface area contributed by atoms with Crippen LogP contribution in [0.4, 0.5) is 0 Å². The van der Waals surface area contributed by atoms with Crippen molar-refractivity contribution in [2.45, 2.75) is 37.2 Å². The van der Waals surface area contributed by atoms with Crippen LogP contribution in [0.15, 0.2) is 35.2 Å². The SMILES string of the molecule is Cc1cc(C(=O)N[C@H]2C[C@H]3COc4ccccc4S(=O)(=O)N3C2)nc(C)n1. The normalized spacial score (nSPS) is 23.6. The minimum absolute atomic E-state index is 0.168. The van der Waals surface area contributed by atoms with E-state index in [9.17, 15) is 13.2 Å². The second-order valence-corrected chi connectivity index (χ2v) is 8.69. The fraction of sp³-hybridized carbons (Fsp3) is 0.389. The van der Waals surface area contributed by atoms with Crippen molar-refractivity contribution in [3.63, 3.8) is 0 Å². The lowest BCUT2D eigenvalue weighted by Gasteiger charge is -2.19. The Morgan fingerprint density at radius 3 is 2.81 bits per heavy atom. The third-order valence-corrected chi connectivity index (χ3v) is 6.72. The molecule has 2 aliphatic heterocycles. The maximum atomic E-state index is 13.0. The van der Waals surface area contributed by atoms with E-state index in [1.54, 1.807) is 44.2 Å². The first-order valence-electron chi connectivity index (χ1n) is 8.71. The number of aromatic nitrogens is 2. The molecular formula is C18H20N4O4S. The van der Waals surface area contributed by atoms with E-state index in [1.807, 2.05) is 0 Å². The molecule has 1 amide bonds. The number of aryl methyl sites for hydroxylation is 2. The van der Waals surface area contributed by atoms with Gasteiger partial charge < -0.3 is 10.1 Å². The first-order chi connectivity index (χ1) is 12.8. The average molecular weight is 388 g/mol. The molecule has 3 heterocycles. The molecule has 0 radical (unpaired) electrons. The Bertz CT molecular complexity index is 988. The van der Waals surface area contributed by atoms with Gasteiger partial charge in [-0.25, -0.2) is 18.4 Å². The Morgan fingerprint density at radius 1 is 1.26 bits per heavy atom. The number of hydrogen-bond acceptors (Lipinski definition) is 6. The minimum atomic E-state index is -3.67. The lowest BCUT2D eigenvalue weighted by Crippen LogP contribution is -2.39. The molecule has 1 aromatic carbocycles. The summed E-state index contributed by atoms with van der Waals surface area (Å²) in [6.45, 7) is 3.99. The second-order valence-electron chi connectivity index (χ2n) is 6.83. The Kier molecular flexibility index (Phi) is 4.35. The minimum Gasteiger partial charge on any atom is -0.490 e. The number of ether oxygens (including phenoxy) is 1. The lowest BCUT2D eigenvalue weighted by molar-refractivity contribution is 0.0933. The van der Waals surface area contributed by atoms with Crippen molar-refractivity contribution < 1.29 is 17.9 Å². The van der Waals surface area contributed by atoms with Crippen molar-refractivity contribution in [1.82, 2.24) is 19.6 Å². The fourth-order valence-corrected chi connectivity index (χ4v) is 5.42. The summed E-state index contributed by atoms with van der Waals surface area (Å²) >= 11 is 0. The zero-order valence-corrected chi connectivity index (χ0v) is 15.9. The zero-order valence-electron chi connectivity index (χ0n) is 15.0. The highest BCUT2D eigenvalue weighted by Gasteiger charge is 2.44. The number of fused-ring (bicyclic) bond motifs is 2. The van der Waals surface area contributed by atoms with E-state index >= 15 is 0 Å². The van der Waals surface area contributed by atoms with E-state index in [0.29, 0.717) is 23.7 Å². The number of sulfonamides is 1. The molecule has 2 atom stereocenters. The molecule has 0 bridgehead atoms. The van der Waals surface area contributed by atoms with Gasteiger partial charge in [0.1, 0.15) is 28.8 Å². The summed E-state index contributed by atoms with van der Waals surface area (Å²) in [4.78, 5) is 21.0. The summed E-state index contributed by atoms with van der Waals surface area (Å²) in [6, 6.07) is 7.63. The quantitative estimate of drug-likeness (QED) is 0.825. The van der Waals surface area contributed by atoms with Crippen LogP contribution in [-0.2, 0) is 10.0 Å². The summed E-state index contributed by atoms with van der Waals surface area (Å²) in [6.07, 6.45) is 0.488. The Morgan fingerprint density at radius 2 is 2.04 bits per heavy atom. The van der Waals surface area contributed by atoms with Crippen molar-refractivity contribution in [3.8, 4) is 5.75 Å². The number of nitrogens with zero attached hydrogens (tertiary/aromatic N) is 3. The number of rotatable bonds is 2. The van der Waals surface area contributed by atoms with Crippen LogP contribution in [0, 0.1) is 13.8 Å². The molecular weight excluding hydrogens is 368 g/mol. The van der Waals surface area contributed by atoms with E-state index in [2.05, 4.69) is 15.3 Å². The number of nitrogens with one attached hydrogen (secondary N) is 1. The fourth-order valence-electron chi connectivity index (χ4n) is 3.62. The van der Waals surface area contributed by atoms with Crippen LogP contribution in [0.5, 0.6) is 5.75 Å². The number of benzene rings is 1. The molecule has 0 unspecified atom stereocenters. The van der Waals surface area contributed by atoms with Gasteiger partial charge in [0.15, 0.2) is 0 Å². The van der Waals surface area contributed by atoms with Crippen molar-refractivity contribution in [1.29, 1.82) is 0 Å². The number of para-hydroxylation sites is 1. The molecule has 2 aromatic rings. The summed E-state index contributed by atoms with van der Waals surface area (Å²) in [5.74, 6) is 0.567. The molecule has 0 spiro atoms. The third kappa shape index (κ3) is 3.28. The smallest absolute Gasteiger partial charge is 0.270 e. The van der Waals surface area contributed by atoms with Crippen LogP contribution in [0.25, 0.3) is 0 Å². The average Bonchev–Trinajstić information content (AvgIpc) is 2.99. The lowest BCUT2D eigenvalue weighted by atomic mass is 10.1. The van der Waals surface area contributed by atoms with Gasteiger partial charge in [-0.05, 0) is 38.5 Å². The Hall–Kier alpha value is -2.52. The Balaban J connectivity index is 1.54. The van der Waals surface area contributed by atoms with Gasteiger partial charge in [-0.2, -0.15) is 4.31 Å². The van der Waals surface area contributed by atoms with Crippen molar-refractivity contribution in [2.75, 3.05) is 13.2 Å². The van der Waals surface area contributed by atoms with Crippen LogP contribution in [0.3, 0.4) is 0 Å². The maximum absolute atomic E-state index is 13.0. The van der Waals surface area contributed by atoms with E-state index in [1.165, 1.54) is 4.31 Å². The van der Waals surface area contributed by atoms with E-state index in [4.69, 9.17) is 4.74 Å². The largest absolute Gasteiger partial charge is 0.490 e. The molecule has 8 nitrogen and oxygen atoms in total. The van der Waals surface area contributed by atoms with Crippen LogP contribution >= 0.6 is 0 Å². The van der Waals surface area contributed by atoms with Crippen LogP contribution in [-0.4, -0.2) is 53.8 Å². The molecule has 142 valence electrons. The highest BCUT2D eigenvalue weighted by molar-refractivity contribution is 7.89.